The Kier molecular flexibility index (Phi) is 3.21. The quantitative estimate of drug-likeness (QED) is 0.794. The van der Waals surface area contributed by atoms with Gasteiger partial charge in [-0.15, -0.1) is 0 Å². The third-order valence-electron chi connectivity index (χ3n) is 2.62. The Morgan fingerprint density at radius 2 is 2.33 bits per heavy atom. The van der Waals surface area contributed by atoms with E-state index in [9.17, 15) is 4.79 Å². The van der Waals surface area contributed by atoms with Crippen molar-refractivity contribution < 1.29 is 14.0 Å². The molecule has 1 aliphatic rings. The van der Waals surface area contributed by atoms with E-state index in [0.717, 1.165) is 17.5 Å². The van der Waals surface area contributed by atoms with E-state index in [1.54, 1.807) is 0 Å². The van der Waals surface area contributed by atoms with Crippen molar-refractivity contribution in [3.05, 3.63) is 24.3 Å². The van der Waals surface area contributed by atoms with Crippen molar-refractivity contribution in [3.63, 3.8) is 0 Å². The molecule has 0 atom stereocenters. The first-order valence-electron chi connectivity index (χ1n) is 5.74. The third kappa shape index (κ3) is 2.34. The summed E-state index contributed by atoms with van der Waals surface area (Å²) in [6.07, 6.45) is 0.902. The molecule has 18 heavy (non-hydrogen) atoms. The van der Waals surface area contributed by atoms with Gasteiger partial charge in [0.1, 0.15) is 5.52 Å². The number of hydrogen-bond donors (Lipinski definition) is 0. The zero-order chi connectivity index (χ0) is 12.4. The Balaban J connectivity index is 1.63. The van der Waals surface area contributed by atoms with E-state index >= 15 is 0 Å². The van der Waals surface area contributed by atoms with Crippen LogP contribution < -0.4 is 0 Å². The van der Waals surface area contributed by atoms with Crippen molar-refractivity contribution >= 4 is 28.8 Å². The van der Waals surface area contributed by atoms with Crippen molar-refractivity contribution in [1.29, 1.82) is 0 Å². The highest BCUT2D eigenvalue weighted by atomic mass is 32.2. The second kappa shape index (κ2) is 4.99. The van der Waals surface area contributed by atoms with E-state index in [1.165, 1.54) is 16.8 Å². The summed E-state index contributed by atoms with van der Waals surface area (Å²) in [5.41, 5.74) is 1.55. The van der Waals surface area contributed by atoms with Crippen molar-refractivity contribution in [2.75, 3.05) is 18.9 Å². The standard InChI is InChI=1S/C12H12N2O3S/c15-11(14-6-3-7-16-14)8-18-12-13-9-4-1-2-5-10(9)17-12/h1-2,4-5H,3,6-8H2. The molecule has 0 N–H and O–H groups in total. The third-order valence-corrected chi connectivity index (χ3v) is 3.44. The van der Waals surface area contributed by atoms with E-state index in [0.29, 0.717) is 18.4 Å². The normalized spacial score (nSPS) is 15.4. The van der Waals surface area contributed by atoms with Gasteiger partial charge < -0.3 is 4.42 Å². The molecule has 1 aromatic carbocycles. The molecule has 1 aromatic heterocycles. The minimum Gasteiger partial charge on any atom is -0.431 e. The second-order valence-corrected chi connectivity index (χ2v) is 4.85. The van der Waals surface area contributed by atoms with Crippen LogP contribution in [0, 0.1) is 0 Å². The monoisotopic (exact) mass is 264 g/mol. The molecule has 1 saturated heterocycles. The molecule has 2 heterocycles. The average molecular weight is 264 g/mol. The molecule has 0 spiro atoms. The number of aromatic nitrogens is 1. The summed E-state index contributed by atoms with van der Waals surface area (Å²) in [5.74, 6) is 0.243. The minimum absolute atomic E-state index is 0.0419. The summed E-state index contributed by atoms with van der Waals surface area (Å²) in [7, 11) is 0. The van der Waals surface area contributed by atoms with Gasteiger partial charge in [0, 0.05) is 0 Å². The number of para-hydroxylation sites is 2. The molecule has 1 fully saturated rings. The highest BCUT2D eigenvalue weighted by Crippen LogP contribution is 2.23. The molecule has 0 aliphatic carbocycles. The lowest BCUT2D eigenvalue weighted by molar-refractivity contribution is -0.165. The van der Waals surface area contributed by atoms with Gasteiger partial charge in [-0.25, -0.2) is 10.0 Å². The molecule has 2 aromatic rings. The molecule has 0 bridgehead atoms. The van der Waals surface area contributed by atoms with Crippen LogP contribution in [0.4, 0.5) is 0 Å². The molecule has 94 valence electrons. The lowest BCUT2D eigenvalue weighted by Gasteiger charge is -2.12. The molecule has 6 heteroatoms. The van der Waals surface area contributed by atoms with Gasteiger partial charge in [0.15, 0.2) is 5.58 Å². The highest BCUT2D eigenvalue weighted by molar-refractivity contribution is 7.99. The highest BCUT2D eigenvalue weighted by Gasteiger charge is 2.20. The second-order valence-electron chi connectivity index (χ2n) is 3.92. The molecular weight excluding hydrogens is 252 g/mol. The molecule has 1 aliphatic heterocycles. The number of rotatable bonds is 3. The van der Waals surface area contributed by atoms with Crippen LogP contribution in [0.1, 0.15) is 6.42 Å². The first kappa shape index (κ1) is 11.6. The maximum absolute atomic E-state index is 11.7. The Morgan fingerprint density at radius 3 is 3.11 bits per heavy atom. The Bertz CT molecular complexity index is 530. The summed E-state index contributed by atoms with van der Waals surface area (Å²) < 4.78 is 5.52. The van der Waals surface area contributed by atoms with Crippen LogP contribution in [0.2, 0.25) is 0 Å². The summed E-state index contributed by atoms with van der Waals surface area (Å²) in [4.78, 5) is 21.2. The smallest absolute Gasteiger partial charge is 0.257 e. The van der Waals surface area contributed by atoms with E-state index in [4.69, 9.17) is 9.25 Å². The number of oxazole rings is 1. The first-order valence-corrected chi connectivity index (χ1v) is 6.73. The molecule has 0 radical (unpaired) electrons. The van der Waals surface area contributed by atoms with Gasteiger partial charge in [0.25, 0.3) is 11.1 Å². The summed E-state index contributed by atoms with van der Waals surface area (Å²) >= 11 is 1.29. The van der Waals surface area contributed by atoms with Gasteiger partial charge in [0.2, 0.25) is 0 Å². The minimum atomic E-state index is -0.0419. The largest absolute Gasteiger partial charge is 0.431 e. The molecular formula is C12H12N2O3S. The molecule has 1 amide bonds. The molecule has 3 rings (SSSR count). The summed E-state index contributed by atoms with van der Waals surface area (Å²) in [6, 6.07) is 7.54. The lowest BCUT2D eigenvalue weighted by atomic mass is 10.3. The Morgan fingerprint density at radius 1 is 1.44 bits per heavy atom. The predicted molar refractivity (Wildman–Crippen MR) is 67.0 cm³/mol. The SMILES string of the molecule is O=C(CSc1nc2ccccc2o1)N1CCCO1. The lowest BCUT2D eigenvalue weighted by Crippen LogP contribution is -2.28. The zero-order valence-corrected chi connectivity index (χ0v) is 10.5. The number of amides is 1. The van der Waals surface area contributed by atoms with E-state index < -0.39 is 0 Å². The van der Waals surface area contributed by atoms with Gasteiger partial charge >= 0.3 is 0 Å². The van der Waals surface area contributed by atoms with Gasteiger partial charge in [-0.05, 0) is 18.6 Å². The number of carbonyl (C=O) groups is 1. The van der Waals surface area contributed by atoms with Gasteiger partial charge in [-0.1, -0.05) is 23.9 Å². The van der Waals surface area contributed by atoms with Crippen LogP contribution in [-0.4, -0.2) is 34.9 Å². The maximum atomic E-state index is 11.7. The van der Waals surface area contributed by atoms with Gasteiger partial charge in [-0.2, -0.15) is 0 Å². The van der Waals surface area contributed by atoms with Crippen molar-refractivity contribution in [1.82, 2.24) is 10.0 Å². The van der Waals surface area contributed by atoms with Crippen LogP contribution >= 0.6 is 11.8 Å². The number of fused-ring (bicyclic) bond motifs is 1. The number of hydroxylamine groups is 2. The number of benzene rings is 1. The average Bonchev–Trinajstić information content (AvgIpc) is 3.04. The van der Waals surface area contributed by atoms with Crippen molar-refractivity contribution in [2.45, 2.75) is 11.6 Å². The van der Waals surface area contributed by atoms with Crippen LogP contribution in [0.15, 0.2) is 33.9 Å². The van der Waals surface area contributed by atoms with Gasteiger partial charge in [-0.3, -0.25) is 9.63 Å². The van der Waals surface area contributed by atoms with Crippen molar-refractivity contribution in [2.24, 2.45) is 0 Å². The van der Waals surface area contributed by atoms with Crippen LogP contribution in [-0.2, 0) is 9.63 Å². The fourth-order valence-electron chi connectivity index (χ4n) is 1.75. The van der Waals surface area contributed by atoms with E-state index in [1.807, 2.05) is 24.3 Å². The van der Waals surface area contributed by atoms with Crippen molar-refractivity contribution in [3.8, 4) is 0 Å². The summed E-state index contributed by atoms with van der Waals surface area (Å²) in [5, 5.41) is 1.93. The first-order chi connectivity index (χ1) is 8.83. The predicted octanol–water partition coefficient (Wildman–Crippen LogP) is 2.08. The van der Waals surface area contributed by atoms with Gasteiger partial charge in [0.05, 0.1) is 18.9 Å². The number of carbonyl (C=O) groups excluding carboxylic acids is 1. The molecule has 0 unspecified atom stereocenters. The zero-order valence-electron chi connectivity index (χ0n) is 9.67. The molecule has 0 saturated carbocycles. The van der Waals surface area contributed by atoms with E-state index in [-0.39, 0.29) is 11.7 Å². The number of nitrogens with zero attached hydrogens (tertiary/aromatic N) is 2. The number of thioether (sulfide) groups is 1. The molecule has 5 nitrogen and oxygen atoms in total. The number of hydrogen-bond acceptors (Lipinski definition) is 5. The van der Waals surface area contributed by atoms with Crippen LogP contribution in [0.5, 0.6) is 0 Å². The van der Waals surface area contributed by atoms with Crippen LogP contribution in [0.25, 0.3) is 11.1 Å². The van der Waals surface area contributed by atoms with E-state index in [2.05, 4.69) is 4.98 Å². The Hall–Kier alpha value is -1.53. The fourth-order valence-corrected chi connectivity index (χ4v) is 2.45. The maximum Gasteiger partial charge on any atom is 0.257 e. The topological polar surface area (TPSA) is 55.6 Å². The van der Waals surface area contributed by atoms with Crippen LogP contribution in [0.3, 0.4) is 0 Å². The summed E-state index contributed by atoms with van der Waals surface area (Å²) in [6.45, 7) is 1.30. The Labute approximate surface area is 108 Å². The fraction of sp³-hybridized carbons (Fsp3) is 0.333.